The zero-order valence-electron chi connectivity index (χ0n) is 11.3. The number of rotatable bonds is 7. The van der Waals surface area contributed by atoms with Crippen molar-refractivity contribution in [3.8, 4) is 0 Å². The van der Waals surface area contributed by atoms with Gasteiger partial charge in [-0.25, -0.2) is 4.79 Å². The maximum Gasteiger partial charge on any atom is 0.335 e. The highest BCUT2D eigenvalue weighted by molar-refractivity contribution is 5.76. The molecule has 0 bridgehead atoms. The summed E-state index contributed by atoms with van der Waals surface area (Å²) in [5.41, 5.74) is -1.47. The molecule has 3 heteroatoms. The smallest absolute Gasteiger partial charge is 0.335 e. The summed E-state index contributed by atoms with van der Waals surface area (Å²) >= 11 is 0. The zero-order chi connectivity index (χ0) is 12.8. The third-order valence-corrected chi connectivity index (χ3v) is 2.49. The first kappa shape index (κ1) is 15.4. The Morgan fingerprint density at radius 1 is 1.12 bits per heavy atom. The lowest BCUT2D eigenvalue weighted by atomic mass is 9.96. The summed E-state index contributed by atoms with van der Waals surface area (Å²) in [5, 5.41) is 9.23. The normalized spacial score (nSPS) is 15.8. The summed E-state index contributed by atoms with van der Waals surface area (Å²) in [7, 11) is 0. The highest BCUT2D eigenvalue weighted by Crippen LogP contribution is 2.26. The van der Waals surface area contributed by atoms with Gasteiger partial charge < -0.3 is 9.84 Å². The van der Waals surface area contributed by atoms with Crippen molar-refractivity contribution < 1.29 is 14.6 Å². The molecule has 0 radical (unpaired) electrons. The average molecular weight is 230 g/mol. The summed E-state index contributed by atoms with van der Waals surface area (Å²) in [6.45, 7) is 9.48. The van der Waals surface area contributed by atoms with Gasteiger partial charge in [-0.15, -0.1) is 0 Å². The SMILES string of the molecule is CCCCCCC(C)(OC(C)(C)C)C(=O)O. The lowest BCUT2D eigenvalue weighted by Crippen LogP contribution is -2.44. The summed E-state index contributed by atoms with van der Waals surface area (Å²) in [6, 6.07) is 0. The summed E-state index contributed by atoms with van der Waals surface area (Å²) in [4.78, 5) is 11.2. The van der Waals surface area contributed by atoms with Gasteiger partial charge in [0.15, 0.2) is 5.60 Å². The van der Waals surface area contributed by atoms with Crippen molar-refractivity contribution in [3.05, 3.63) is 0 Å². The molecule has 0 saturated heterocycles. The predicted octanol–water partition coefficient (Wildman–Crippen LogP) is 3.62. The fraction of sp³-hybridized carbons (Fsp3) is 0.923. The van der Waals surface area contributed by atoms with Gasteiger partial charge in [0.1, 0.15) is 0 Å². The van der Waals surface area contributed by atoms with E-state index in [0.717, 1.165) is 25.7 Å². The summed E-state index contributed by atoms with van der Waals surface area (Å²) in [6.07, 6.45) is 4.88. The Kier molecular flexibility index (Phi) is 6.01. The Labute approximate surface area is 99.2 Å². The van der Waals surface area contributed by atoms with E-state index in [-0.39, 0.29) is 0 Å². The Morgan fingerprint density at radius 2 is 1.69 bits per heavy atom. The second-order valence-corrected chi connectivity index (χ2v) is 5.56. The monoisotopic (exact) mass is 230 g/mol. The van der Waals surface area contributed by atoms with Gasteiger partial charge in [0.25, 0.3) is 0 Å². The van der Waals surface area contributed by atoms with Crippen LogP contribution in [-0.4, -0.2) is 22.3 Å². The van der Waals surface area contributed by atoms with Crippen molar-refractivity contribution in [2.24, 2.45) is 0 Å². The van der Waals surface area contributed by atoms with Crippen molar-refractivity contribution in [3.63, 3.8) is 0 Å². The van der Waals surface area contributed by atoms with Gasteiger partial charge in [-0.05, 0) is 40.5 Å². The standard InChI is InChI=1S/C13H26O3/c1-6-7-8-9-10-13(5,11(14)15)16-12(2,3)4/h6-10H2,1-5H3,(H,14,15). The molecule has 0 spiro atoms. The number of unbranched alkanes of at least 4 members (excludes halogenated alkanes) is 3. The molecule has 0 aliphatic rings. The molecule has 16 heavy (non-hydrogen) atoms. The van der Waals surface area contributed by atoms with E-state index in [9.17, 15) is 9.90 Å². The van der Waals surface area contributed by atoms with E-state index in [1.165, 1.54) is 0 Å². The molecule has 0 heterocycles. The molecule has 1 N–H and O–H groups in total. The van der Waals surface area contributed by atoms with Crippen LogP contribution >= 0.6 is 0 Å². The third kappa shape index (κ3) is 6.11. The second-order valence-electron chi connectivity index (χ2n) is 5.56. The van der Waals surface area contributed by atoms with Crippen LogP contribution in [0.15, 0.2) is 0 Å². The number of ether oxygens (including phenoxy) is 1. The highest BCUT2D eigenvalue weighted by atomic mass is 16.5. The minimum absolute atomic E-state index is 0.419. The van der Waals surface area contributed by atoms with Crippen LogP contribution in [0, 0.1) is 0 Å². The van der Waals surface area contributed by atoms with E-state index in [2.05, 4.69) is 6.92 Å². The van der Waals surface area contributed by atoms with E-state index in [4.69, 9.17) is 4.74 Å². The molecule has 1 unspecified atom stereocenters. The van der Waals surface area contributed by atoms with Gasteiger partial charge in [0, 0.05) is 0 Å². The van der Waals surface area contributed by atoms with Crippen molar-refractivity contribution in [2.45, 2.75) is 77.9 Å². The van der Waals surface area contributed by atoms with E-state index < -0.39 is 17.2 Å². The van der Waals surface area contributed by atoms with Gasteiger partial charge in [-0.3, -0.25) is 0 Å². The van der Waals surface area contributed by atoms with Gasteiger partial charge in [0.05, 0.1) is 5.60 Å². The maximum atomic E-state index is 11.2. The first-order valence-electron chi connectivity index (χ1n) is 6.15. The molecule has 0 aliphatic carbocycles. The molecule has 1 atom stereocenters. The van der Waals surface area contributed by atoms with Crippen molar-refractivity contribution in [2.75, 3.05) is 0 Å². The Hall–Kier alpha value is -0.570. The summed E-state index contributed by atoms with van der Waals surface area (Å²) < 4.78 is 5.67. The van der Waals surface area contributed by atoms with Crippen LogP contribution in [0.2, 0.25) is 0 Å². The molecule has 0 saturated carbocycles. The molecule has 0 aromatic heterocycles. The average Bonchev–Trinajstić information content (AvgIpc) is 2.09. The van der Waals surface area contributed by atoms with Crippen LogP contribution in [0.5, 0.6) is 0 Å². The molecule has 0 aromatic rings. The number of hydrogen-bond donors (Lipinski definition) is 1. The first-order valence-corrected chi connectivity index (χ1v) is 6.15. The lowest BCUT2D eigenvalue weighted by Gasteiger charge is -2.33. The van der Waals surface area contributed by atoms with Crippen LogP contribution in [-0.2, 0) is 9.53 Å². The fourth-order valence-electron chi connectivity index (χ4n) is 1.77. The minimum Gasteiger partial charge on any atom is -0.479 e. The van der Waals surface area contributed by atoms with E-state index >= 15 is 0 Å². The topological polar surface area (TPSA) is 46.5 Å². The Bertz CT molecular complexity index is 218. The minimum atomic E-state index is -1.05. The van der Waals surface area contributed by atoms with E-state index in [1.54, 1.807) is 6.92 Å². The van der Waals surface area contributed by atoms with Gasteiger partial charge >= 0.3 is 5.97 Å². The molecule has 96 valence electrons. The molecule has 0 aliphatic heterocycles. The van der Waals surface area contributed by atoms with E-state index in [1.807, 2.05) is 20.8 Å². The van der Waals surface area contributed by atoms with E-state index in [0.29, 0.717) is 6.42 Å². The Balaban J connectivity index is 4.29. The van der Waals surface area contributed by atoms with Crippen LogP contribution in [0.4, 0.5) is 0 Å². The fourth-order valence-corrected chi connectivity index (χ4v) is 1.77. The molecule has 0 amide bonds. The largest absolute Gasteiger partial charge is 0.479 e. The first-order chi connectivity index (χ1) is 7.21. The van der Waals surface area contributed by atoms with Crippen molar-refractivity contribution >= 4 is 5.97 Å². The number of aliphatic carboxylic acids is 1. The molecule has 3 nitrogen and oxygen atoms in total. The zero-order valence-corrected chi connectivity index (χ0v) is 11.3. The molecular formula is C13H26O3. The lowest BCUT2D eigenvalue weighted by molar-refractivity contribution is -0.182. The van der Waals surface area contributed by atoms with Crippen LogP contribution < -0.4 is 0 Å². The summed E-state index contributed by atoms with van der Waals surface area (Å²) in [5.74, 6) is -0.862. The number of carbonyl (C=O) groups is 1. The molecule has 0 rings (SSSR count). The third-order valence-electron chi connectivity index (χ3n) is 2.49. The quantitative estimate of drug-likeness (QED) is 0.679. The van der Waals surface area contributed by atoms with Gasteiger partial charge in [-0.1, -0.05) is 26.2 Å². The van der Waals surface area contributed by atoms with Gasteiger partial charge in [0.2, 0.25) is 0 Å². The van der Waals surface area contributed by atoms with Crippen molar-refractivity contribution in [1.29, 1.82) is 0 Å². The van der Waals surface area contributed by atoms with Crippen LogP contribution in [0.25, 0.3) is 0 Å². The highest BCUT2D eigenvalue weighted by Gasteiger charge is 2.37. The van der Waals surface area contributed by atoms with Crippen LogP contribution in [0.1, 0.15) is 66.7 Å². The molecule has 0 fully saturated rings. The molecule has 0 aromatic carbocycles. The van der Waals surface area contributed by atoms with Gasteiger partial charge in [-0.2, -0.15) is 0 Å². The maximum absolute atomic E-state index is 11.2. The van der Waals surface area contributed by atoms with Crippen LogP contribution in [0.3, 0.4) is 0 Å². The second kappa shape index (κ2) is 6.24. The number of hydrogen-bond acceptors (Lipinski definition) is 2. The Morgan fingerprint density at radius 3 is 2.06 bits per heavy atom. The molecular weight excluding hydrogens is 204 g/mol. The number of carboxylic acids is 1. The van der Waals surface area contributed by atoms with Crippen molar-refractivity contribution in [1.82, 2.24) is 0 Å². The predicted molar refractivity (Wildman–Crippen MR) is 65.6 cm³/mol. The number of carboxylic acid groups (broad SMARTS) is 1.